The second-order valence-electron chi connectivity index (χ2n) is 6.45. The lowest BCUT2D eigenvalue weighted by molar-refractivity contribution is 0.244. The van der Waals surface area contributed by atoms with Gasteiger partial charge in [-0.2, -0.15) is 0 Å². The molecule has 0 aromatic heterocycles. The predicted octanol–water partition coefficient (Wildman–Crippen LogP) is 3.91. The molecule has 0 radical (unpaired) electrons. The van der Waals surface area contributed by atoms with Crippen LogP contribution in [0.3, 0.4) is 0 Å². The third kappa shape index (κ3) is 6.98. The van der Waals surface area contributed by atoms with E-state index in [9.17, 15) is 0 Å². The summed E-state index contributed by atoms with van der Waals surface area (Å²) in [5, 5.41) is 3.58. The highest BCUT2D eigenvalue weighted by molar-refractivity contribution is 14.0. The van der Waals surface area contributed by atoms with Crippen molar-refractivity contribution in [3.63, 3.8) is 0 Å². The maximum absolute atomic E-state index is 4.45. The number of nitrogens with one attached hydrogen (secondary N) is 1. The zero-order chi connectivity index (χ0) is 17.2. The molecule has 1 heterocycles. The molecule has 5 heteroatoms. The van der Waals surface area contributed by atoms with Gasteiger partial charge in [-0.25, -0.2) is 0 Å². The summed E-state index contributed by atoms with van der Waals surface area (Å²) >= 11 is 0. The number of nitrogens with zero attached hydrogens (tertiary/aromatic N) is 3. The second kappa shape index (κ2) is 12.3. The van der Waals surface area contributed by atoms with Crippen molar-refractivity contribution in [1.29, 1.82) is 0 Å². The quantitative estimate of drug-likeness (QED) is 0.212. The standard InChI is InChI=1S/C20H32N4.HI/c1-4-5-9-14-23(3)20(21-2)22-17-19(24-15-10-11-16-24)18-12-7-6-8-13-18;/h4,6-8,12-13,19H,1,5,9-11,14-17H2,2-3H3,(H,21,22);1H. The molecule has 1 atom stereocenters. The Labute approximate surface area is 170 Å². The predicted molar refractivity (Wildman–Crippen MR) is 119 cm³/mol. The van der Waals surface area contributed by atoms with E-state index in [0.717, 1.165) is 31.9 Å². The maximum Gasteiger partial charge on any atom is 0.193 e. The minimum Gasteiger partial charge on any atom is -0.354 e. The van der Waals surface area contributed by atoms with Crippen LogP contribution in [-0.4, -0.2) is 56.0 Å². The van der Waals surface area contributed by atoms with E-state index in [2.05, 4.69) is 64.1 Å². The van der Waals surface area contributed by atoms with Gasteiger partial charge in [-0.1, -0.05) is 36.4 Å². The Morgan fingerprint density at radius 2 is 2.00 bits per heavy atom. The third-order valence-electron chi connectivity index (χ3n) is 4.69. The van der Waals surface area contributed by atoms with Gasteiger partial charge in [0.15, 0.2) is 5.96 Å². The Morgan fingerprint density at radius 1 is 1.32 bits per heavy atom. The molecular weight excluding hydrogens is 423 g/mol. The highest BCUT2D eigenvalue weighted by atomic mass is 127. The van der Waals surface area contributed by atoms with Gasteiger partial charge in [0.25, 0.3) is 0 Å². The first-order valence-electron chi connectivity index (χ1n) is 9.08. The molecule has 140 valence electrons. The zero-order valence-corrected chi connectivity index (χ0v) is 18.0. The SMILES string of the molecule is C=CCCCN(C)C(=NC)NCC(c1ccccc1)N1CCCC1.I. The average molecular weight is 456 g/mol. The molecule has 1 aromatic rings. The van der Waals surface area contributed by atoms with E-state index >= 15 is 0 Å². The number of allylic oxidation sites excluding steroid dienone is 1. The molecule has 25 heavy (non-hydrogen) atoms. The number of benzene rings is 1. The highest BCUT2D eigenvalue weighted by Crippen LogP contribution is 2.24. The van der Waals surface area contributed by atoms with Gasteiger partial charge < -0.3 is 10.2 Å². The number of rotatable bonds is 8. The number of hydrogen-bond donors (Lipinski definition) is 1. The summed E-state index contributed by atoms with van der Waals surface area (Å²) < 4.78 is 0. The van der Waals surface area contributed by atoms with Gasteiger partial charge in [0, 0.05) is 27.2 Å². The number of halogens is 1. The van der Waals surface area contributed by atoms with Crippen LogP contribution in [0.1, 0.15) is 37.3 Å². The summed E-state index contributed by atoms with van der Waals surface area (Å²) in [5.41, 5.74) is 1.39. The van der Waals surface area contributed by atoms with Gasteiger partial charge in [0.2, 0.25) is 0 Å². The number of likely N-dealkylation sites (tertiary alicyclic amines) is 1. The first-order valence-corrected chi connectivity index (χ1v) is 9.08. The lowest BCUT2D eigenvalue weighted by atomic mass is 10.1. The van der Waals surface area contributed by atoms with Gasteiger partial charge in [0.1, 0.15) is 0 Å². The third-order valence-corrected chi connectivity index (χ3v) is 4.69. The summed E-state index contributed by atoms with van der Waals surface area (Å²) in [6, 6.07) is 11.2. The van der Waals surface area contributed by atoms with Crippen LogP contribution in [-0.2, 0) is 0 Å². The summed E-state index contributed by atoms with van der Waals surface area (Å²) in [7, 11) is 3.96. The monoisotopic (exact) mass is 456 g/mol. The highest BCUT2D eigenvalue weighted by Gasteiger charge is 2.23. The van der Waals surface area contributed by atoms with Crippen molar-refractivity contribution < 1.29 is 0 Å². The Balaban J connectivity index is 0.00000312. The normalized spacial score (nSPS) is 16.2. The van der Waals surface area contributed by atoms with Crippen LogP contribution in [0.5, 0.6) is 0 Å². The fraction of sp³-hybridized carbons (Fsp3) is 0.550. The molecule has 1 aliphatic heterocycles. The Hall–Kier alpha value is -1.08. The summed E-state index contributed by atoms with van der Waals surface area (Å²) in [4.78, 5) is 9.24. The lowest BCUT2D eigenvalue weighted by Gasteiger charge is -2.30. The van der Waals surface area contributed by atoms with E-state index in [1.165, 1.54) is 31.5 Å². The van der Waals surface area contributed by atoms with Crippen molar-refractivity contribution in [2.24, 2.45) is 4.99 Å². The molecule has 1 aromatic carbocycles. The van der Waals surface area contributed by atoms with E-state index < -0.39 is 0 Å². The van der Waals surface area contributed by atoms with Crippen LogP contribution in [0.25, 0.3) is 0 Å². The topological polar surface area (TPSA) is 30.9 Å². The van der Waals surface area contributed by atoms with E-state index in [1.54, 1.807) is 0 Å². The molecule has 1 unspecified atom stereocenters. The van der Waals surface area contributed by atoms with Crippen molar-refractivity contribution in [3.05, 3.63) is 48.6 Å². The Bertz CT molecular complexity index is 512. The molecule has 1 aliphatic rings. The summed E-state index contributed by atoms with van der Waals surface area (Å²) in [5.74, 6) is 0.971. The average Bonchev–Trinajstić information content (AvgIpc) is 3.14. The van der Waals surface area contributed by atoms with Crippen LogP contribution in [0.4, 0.5) is 0 Å². The molecule has 1 fully saturated rings. The van der Waals surface area contributed by atoms with E-state index in [0.29, 0.717) is 6.04 Å². The number of guanidine groups is 1. The first kappa shape index (κ1) is 22.0. The van der Waals surface area contributed by atoms with Crippen LogP contribution in [0.15, 0.2) is 48.0 Å². The zero-order valence-electron chi connectivity index (χ0n) is 15.7. The van der Waals surface area contributed by atoms with Crippen molar-refractivity contribution in [2.45, 2.75) is 31.7 Å². The van der Waals surface area contributed by atoms with Crippen molar-refractivity contribution >= 4 is 29.9 Å². The number of aliphatic imine (C=N–C) groups is 1. The smallest absolute Gasteiger partial charge is 0.193 e. The molecule has 0 spiro atoms. The molecule has 0 saturated carbocycles. The van der Waals surface area contributed by atoms with Gasteiger partial charge in [-0.3, -0.25) is 9.89 Å². The number of hydrogen-bond acceptors (Lipinski definition) is 2. The fourth-order valence-electron chi connectivity index (χ4n) is 3.34. The lowest BCUT2D eigenvalue weighted by Crippen LogP contribution is -2.43. The largest absolute Gasteiger partial charge is 0.354 e. The fourth-order valence-corrected chi connectivity index (χ4v) is 3.34. The van der Waals surface area contributed by atoms with E-state index in [-0.39, 0.29) is 24.0 Å². The van der Waals surface area contributed by atoms with Crippen molar-refractivity contribution in [2.75, 3.05) is 40.3 Å². The van der Waals surface area contributed by atoms with E-state index in [4.69, 9.17) is 0 Å². The molecule has 0 bridgehead atoms. The van der Waals surface area contributed by atoms with Gasteiger partial charge in [0.05, 0.1) is 6.04 Å². The van der Waals surface area contributed by atoms with Crippen molar-refractivity contribution in [3.8, 4) is 0 Å². The molecule has 4 nitrogen and oxygen atoms in total. The number of unbranched alkanes of at least 4 members (excludes halogenated alkanes) is 1. The van der Waals surface area contributed by atoms with Gasteiger partial charge in [-0.15, -0.1) is 30.6 Å². The van der Waals surface area contributed by atoms with Crippen LogP contribution in [0, 0.1) is 0 Å². The van der Waals surface area contributed by atoms with Crippen LogP contribution >= 0.6 is 24.0 Å². The molecular formula is C20H33IN4. The molecule has 0 amide bonds. The second-order valence-corrected chi connectivity index (χ2v) is 6.45. The van der Waals surface area contributed by atoms with Crippen molar-refractivity contribution in [1.82, 2.24) is 15.1 Å². The maximum atomic E-state index is 4.45. The molecule has 1 saturated heterocycles. The molecule has 0 aliphatic carbocycles. The Kier molecular flexibility index (Phi) is 10.8. The summed E-state index contributed by atoms with van der Waals surface area (Å²) in [6.45, 7) is 8.05. The summed E-state index contributed by atoms with van der Waals surface area (Å²) in [6.07, 6.45) is 6.73. The van der Waals surface area contributed by atoms with Gasteiger partial charge in [-0.05, 0) is 44.3 Å². The van der Waals surface area contributed by atoms with Crippen LogP contribution < -0.4 is 5.32 Å². The minimum atomic E-state index is 0. The minimum absolute atomic E-state index is 0. The molecule has 2 rings (SSSR count). The van der Waals surface area contributed by atoms with Crippen LogP contribution in [0.2, 0.25) is 0 Å². The van der Waals surface area contributed by atoms with E-state index in [1.807, 2.05) is 13.1 Å². The van der Waals surface area contributed by atoms with Gasteiger partial charge >= 0.3 is 0 Å². The molecule has 1 N–H and O–H groups in total. The Morgan fingerprint density at radius 3 is 2.60 bits per heavy atom. The first-order chi connectivity index (χ1) is 11.8.